The van der Waals surface area contributed by atoms with Crippen LogP contribution in [0.4, 0.5) is 0 Å². The normalized spacial score (nSPS) is 34.1. The van der Waals surface area contributed by atoms with Gasteiger partial charge in [0.15, 0.2) is 0 Å². The van der Waals surface area contributed by atoms with Crippen LogP contribution in [0.15, 0.2) is 24.3 Å². The molecule has 2 fully saturated rings. The van der Waals surface area contributed by atoms with Crippen molar-refractivity contribution < 1.29 is 0 Å². The third-order valence-corrected chi connectivity index (χ3v) is 6.43. The van der Waals surface area contributed by atoms with Crippen LogP contribution in [0.5, 0.6) is 0 Å². The quantitative estimate of drug-likeness (QED) is 0.903. The van der Waals surface area contributed by atoms with Crippen molar-refractivity contribution >= 4 is 0 Å². The van der Waals surface area contributed by atoms with Gasteiger partial charge in [-0.15, -0.1) is 0 Å². The number of nitrogens with one attached hydrogen (secondary N) is 1. The van der Waals surface area contributed by atoms with Gasteiger partial charge in [-0.05, 0) is 53.7 Å². The summed E-state index contributed by atoms with van der Waals surface area (Å²) in [6, 6.07) is 10.7. The maximum Gasteiger partial charge on any atom is 0.0991 e. The molecule has 1 aromatic carbocycles. The summed E-state index contributed by atoms with van der Waals surface area (Å²) < 4.78 is 0. The van der Waals surface area contributed by atoms with Gasteiger partial charge in [0.2, 0.25) is 0 Å². The van der Waals surface area contributed by atoms with Crippen molar-refractivity contribution in [3.05, 3.63) is 35.4 Å². The van der Waals surface area contributed by atoms with Crippen LogP contribution in [0.3, 0.4) is 0 Å². The summed E-state index contributed by atoms with van der Waals surface area (Å²) in [6.07, 6.45) is 4.08. The van der Waals surface area contributed by atoms with E-state index in [2.05, 4.69) is 44.3 Å². The lowest BCUT2D eigenvalue weighted by Crippen LogP contribution is -2.44. The molecule has 0 heterocycles. The molecular weight excluding hydrogens is 244 g/mol. The fraction of sp³-hybridized carbons (Fsp3) is 0.611. The Morgan fingerprint density at radius 2 is 1.95 bits per heavy atom. The molecule has 106 valence electrons. The third kappa shape index (κ3) is 1.88. The van der Waals surface area contributed by atoms with Gasteiger partial charge >= 0.3 is 0 Å². The average Bonchev–Trinajstić information content (AvgIpc) is 2.78. The predicted octanol–water partition coefficient (Wildman–Crippen LogP) is 3.86. The Bertz CT molecular complexity index is 538. The zero-order valence-electron chi connectivity index (χ0n) is 12.7. The largest absolute Gasteiger partial charge is 0.309 e. The van der Waals surface area contributed by atoms with Gasteiger partial charge in [0, 0.05) is 12.6 Å². The first-order chi connectivity index (χ1) is 9.47. The van der Waals surface area contributed by atoms with Crippen LogP contribution in [0.1, 0.15) is 51.2 Å². The highest BCUT2D eigenvalue weighted by Gasteiger charge is 2.60. The van der Waals surface area contributed by atoms with Gasteiger partial charge in [-0.1, -0.05) is 32.9 Å². The first-order valence-corrected chi connectivity index (χ1v) is 7.70. The minimum atomic E-state index is 0.435. The van der Waals surface area contributed by atoms with E-state index in [-0.39, 0.29) is 0 Å². The zero-order chi connectivity index (χ0) is 14.4. The molecule has 2 heteroatoms. The van der Waals surface area contributed by atoms with Gasteiger partial charge in [0.1, 0.15) is 0 Å². The molecule has 0 spiro atoms. The van der Waals surface area contributed by atoms with E-state index < -0.39 is 0 Å². The molecule has 3 unspecified atom stereocenters. The number of rotatable bonds is 3. The Kier molecular flexibility index (Phi) is 3.14. The molecule has 2 nitrogen and oxygen atoms in total. The summed E-state index contributed by atoms with van der Waals surface area (Å²) in [5.74, 6) is 0.881. The maximum atomic E-state index is 8.83. The summed E-state index contributed by atoms with van der Waals surface area (Å²) in [6.45, 7) is 8.29. The van der Waals surface area contributed by atoms with Crippen molar-refractivity contribution in [2.45, 2.75) is 52.6 Å². The van der Waals surface area contributed by atoms with Crippen molar-refractivity contribution in [2.75, 3.05) is 0 Å². The fourth-order valence-corrected chi connectivity index (χ4v) is 4.45. The third-order valence-electron chi connectivity index (χ3n) is 6.43. The van der Waals surface area contributed by atoms with E-state index in [0.29, 0.717) is 16.9 Å². The summed E-state index contributed by atoms with van der Waals surface area (Å²) in [7, 11) is 0. The highest BCUT2D eigenvalue weighted by atomic mass is 15.0. The Morgan fingerprint density at radius 1 is 1.25 bits per heavy atom. The lowest BCUT2D eigenvalue weighted by molar-refractivity contribution is 0.120. The van der Waals surface area contributed by atoms with Crippen molar-refractivity contribution in [2.24, 2.45) is 16.7 Å². The summed E-state index contributed by atoms with van der Waals surface area (Å²) in [5, 5.41) is 12.6. The van der Waals surface area contributed by atoms with E-state index >= 15 is 0 Å². The van der Waals surface area contributed by atoms with Crippen LogP contribution >= 0.6 is 0 Å². The van der Waals surface area contributed by atoms with Crippen LogP contribution in [0.2, 0.25) is 0 Å². The van der Waals surface area contributed by atoms with E-state index in [1.165, 1.54) is 24.8 Å². The molecule has 1 aromatic rings. The van der Waals surface area contributed by atoms with Crippen molar-refractivity contribution in [1.82, 2.24) is 5.32 Å². The second-order valence-electron chi connectivity index (χ2n) is 7.35. The molecule has 2 bridgehead atoms. The number of nitriles is 1. The minimum Gasteiger partial charge on any atom is -0.309 e. The molecular formula is C18H24N2. The Hall–Kier alpha value is -1.33. The van der Waals surface area contributed by atoms with Gasteiger partial charge < -0.3 is 5.32 Å². The van der Waals surface area contributed by atoms with Gasteiger partial charge in [-0.25, -0.2) is 0 Å². The van der Waals surface area contributed by atoms with Gasteiger partial charge in [0.25, 0.3) is 0 Å². The number of fused-ring (bicyclic) bond motifs is 2. The lowest BCUT2D eigenvalue weighted by Gasteiger charge is -2.39. The van der Waals surface area contributed by atoms with Gasteiger partial charge in [-0.3, -0.25) is 0 Å². The Balaban J connectivity index is 1.66. The smallest absolute Gasteiger partial charge is 0.0991 e. The molecule has 3 atom stereocenters. The molecule has 3 rings (SSSR count). The minimum absolute atomic E-state index is 0.435. The molecule has 0 amide bonds. The van der Waals surface area contributed by atoms with Crippen molar-refractivity contribution in [3.63, 3.8) is 0 Å². The Labute approximate surface area is 122 Å². The van der Waals surface area contributed by atoms with Crippen molar-refractivity contribution in [1.29, 1.82) is 5.26 Å². The molecule has 0 saturated heterocycles. The van der Waals surface area contributed by atoms with Crippen LogP contribution in [-0.4, -0.2) is 6.04 Å². The highest BCUT2D eigenvalue weighted by Crippen LogP contribution is 2.65. The molecule has 2 saturated carbocycles. The first kappa shape index (κ1) is 13.6. The van der Waals surface area contributed by atoms with E-state index in [4.69, 9.17) is 5.26 Å². The molecule has 0 aromatic heterocycles. The summed E-state index contributed by atoms with van der Waals surface area (Å²) in [5.41, 5.74) is 2.91. The molecule has 2 aliphatic rings. The van der Waals surface area contributed by atoms with Gasteiger partial charge in [-0.2, -0.15) is 5.26 Å². The van der Waals surface area contributed by atoms with E-state index in [9.17, 15) is 0 Å². The average molecular weight is 268 g/mol. The molecule has 2 aliphatic carbocycles. The molecule has 0 aliphatic heterocycles. The Morgan fingerprint density at radius 3 is 2.45 bits per heavy atom. The van der Waals surface area contributed by atoms with Crippen LogP contribution in [0.25, 0.3) is 0 Å². The van der Waals surface area contributed by atoms with Gasteiger partial charge in [0.05, 0.1) is 11.6 Å². The SMILES string of the molecule is CC1(C)C2CCC1(C)C(NCc1ccc(C#N)cc1)C2. The highest BCUT2D eigenvalue weighted by molar-refractivity contribution is 5.31. The van der Waals surface area contributed by atoms with Crippen molar-refractivity contribution in [3.8, 4) is 6.07 Å². The summed E-state index contributed by atoms with van der Waals surface area (Å²) >= 11 is 0. The monoisotopic (exact) mass is 268 g/mol. The predicted molar refractivity (Wildman–Crippen MR) is 81.0 cm³/mol. The fourth-order valence-electron chi connectivity index (χ4n) is 4.45. The van der Waals surface area contributed by atoms with E-state index in [1.54, 1.807) is 0 Å². The van der Waals surface area contributed by atoms with Crippen LogP contribution in [-0.2, 0) is 6.54 Å². The number of benzene rings is 1. The summed E-state index contributed by atoms with van der Waals surface area (Å²) in [4.78, 5) is 0. The van der Waals surface area contributed by atoms with E-state index in [0.717, 1.165) is 18.0 Å². The van der Waals surface area contributed by atoms with Crippen LogP contribution < -0.4 is 5.32 Å². The van der Waals surface area contributed by atoms with E-state index in [1.807, 2.05) is 12.1 Å². The lowest BCUT2D eigenvalue weighted by atomic mass is 9.69. The number of nitrogens with zero attached hydrogens (tertiary/aromatic N) is 1. The maximum absolute atomic E-state index is 8.83. The topological polar surface area (TPSA) is 35.8 Å². The molecule has 20 heavy (non-hydrogen) atoms. The molecule has 1 N–H and O–H groups in total. The first-order valence-electron chi connectivity index (χ1n) is 7.70. The zero-order valence-corrected chi connectivity index (χ0v) is 12.7. The number of hydrogen-bond acceptors (Lipinski definition) is 2. The standard InChI is InChI=1S/C18H24N2/c1-17(2)15-8-9-18(17,3)16(10-15)20-12-14-6-4-13(11-19)5-7-14/h4-7,15-16,20H,8-10,12H2,1-3H3. The number of hydrogen-bond donors (Lipinski definition) is 1. The molecule has 0 radical (unpaired) electrons. The second kappa shape index (κ2) is 4.60. The second-order valence-corrected chi connectivity index (χ2v) is 7.35. The van der Waals surface area contributed by atoms with Crippen LogP contribution in [0, 0.1) is 28.1 Å².